The highest BCUT2D eigenvalue weighted by Crippen LogP contribution is 2.35. The molecule has 1 aromatic heterocycles. The molecule has 2 aliphatic heterocycles. The molecule has 1 aliphatic carbocycles. The van der Waals surface area contributed by atoms with Gasteiger partial charge in [0.25, 0.3) is 0 Å². The second kappa shape index (κ2) is 8.71. The molecule has 3 aliphatic rings. The molecule has 1 saturated carbocycles. The Balaban J connectivity index is 1.40. The number of amides is 1. The molecule has 1 aromatic rings. The van der Waals surface area contributed by atoms with Crippen LogP contribution in [0.5, 0.6) is 0 Å². The van der Waals surface area contributed by atoms with Crippen LogP contribution in [0.25, 0.3) is 0 Å². The van der Waals surface area contributed by atoms with Gasteiger partial charge in [0, 0.05) is 31.5 Å². The predicted octanol–water partition coefficient (Wildman–Crippen LogP) is 2.84. The normalized spacial score (nSPS) is 25.6. The van der Waals surface area contributed by atoms with Crippen molar-refractivity contribution in [2.24, 2.45) is 5.92 Å². The van der Waals surface area contributed by atoms with Crippen LogP contribution in [-0.2, 0) is 14.8 Å². The van der Waals surface area contributed by atoms with Crippen molar-refractivity contribution in [1.82, 2.24) is 19.4 Å². The number of piperidine rings is 2. The van der Waals surface area contributed by atoms with Crippen LogP contribution < -0.4 is 0 Å². The third-order valence-corrected chi connectivity index (χ3v) is 8.66. The zero-order chi connectivity index (χ0) is 20.4. The molecule has 2 saturated heterocycles. The van der Waals surface area contributed by atoms with Gasteiger partial charge in [-0.2, -0.15) is 4.31 Å². The molecule has 1 amide bonds. The van der Waals surface area contributed by atoms with E-state index in [9.17, 15) is 13.2 Å². The molecule has 4 rings (SSSR count). The summed E-state index contributed by atoms with van der Waals surface area (Å²) in [5.74, 6) is 1.77. The first-order valence-electron chi connectivity index (χ1n) is 11.1. The first-order chi connectivity index (χ1) is 14.0. The minimum atomic E-state index is -3.30. The number of aromatic nitrogens is 2. The summed E-state index contributed by atoms with van der Waals surface area (Å²) in [5, 5.41) is 8.49. The molecule has 3 fully saturated rings. The average Bonchev–Trinajstić information content (AvgIpc) is 3.46. The second-order valence-electron chi connectivity index (χ2n) is 8.58. The molecule has 0 unspecified atom stereocenters. The largest absolute Gasteiger partial charge is 0.423 e. The van der Waals surface area contributed by atoms with Crippen molar-refractivity contribution in [2.45, 2.75) is 76.7 Å². The van der Waals surface area contributed by atoms with Gasteiger partial charge in [-0.3, -0.25) is 4.79 Å². The minimum Gasteiger partial charge on any atom is -0.423 e. The van der Waals surface area contributed by atoms with E-state index in [0.717, 1.165) is 58.0 Å². The van der Waals surface area contributed by atoms with E-state index in [2.05, 4.69) is 10.2 Å². The van der Waals surface area contributed by atoms with Crippen LogP contribution in [0.2, 0.25) is 0 Å². The van der Waals surface area contributed by atoms with E-state index in [0.29, 0.717) is 24.2 Å². The van der Waals surface area contributed by atoms with E-state index >= 15 is 0 Å². The number of sulfonamides is 1. The van der Waals surface area contributed by atoms with Crippen LogP contribution in [-0.4, -0.2) is 59.1 Å². The third-order valence-electron chi connectivity index (χ3n) is 6.78. The average molecular weight is 425 g/mol. The molecule has 0 aromatic carbocycles. The Hall–Kier alpha value is -1.48. The maximum absolute atomic E-state index is 12.6. The topological polar surface area (TPSA) is 96.6 Å². The lowest BCUT2D eigenvalue weighted by molar-refractivity contribution is -0.136. The number of likely N-dealkylation sites (tertiary alicyclic amines) is 1. The first-order valence-corrected chi connectivity index (χ1v) is 12.7. The fraction of sp³-hybridized carbons (Fsp3) is 0.850. The zero-order valence-corrected chi connectivity index (χ0v) is 18.1. The van der Waals surface area contributed by atoms with Crippen LogP contribution in [0.3, 0.4) is 0 Å². The van der Waals surface area contributed by atoms with E-state index < -0.39 is 10.0 Å². The number of nitrogens with zero attached hydrogens (tertiary/aromatic N) is 4. The lowest BCUT2D eigenvalue weighted by Crippen LogP contribution is -2.40. The van der Waals surface area contributed by atoms with Gasteiger partial charge < -0.3 is 9.32 Å². The third kappa shape index (κ3) is 4.35. The van der Waals surface area contributed by atoms with Gasteiger partial charge in [0.2, 0.25) is 27.7 Å². The Morgan fingerprint density at radius 2 is 1.62 bits per heavy atom. The molecule has 9 heteroatoms. The van der Waals surface area contributed by atoms with Crippen molar-refractivity contribution in [2.75, 3.05) is 25.4 Å². The fourth-order valence-corrected chi connectivity index (χ4v) is 6.30. The summed E-state index contributed by atoms with van der Waals surface area (Å²) >= 11 is 0. The quantitative estimate of drug-likeness (QED) is 0.721. The number of carbonyl (C=O) groups excluding carboxylic acids is 1. The summed E-state index contributed by atoms with van der Waals surface area (Å²) in [6.45, 7) is 3.65. The minimum absolute atomic E-state index is 0.0813. The molecule has 3 heterocycles. The lowest BCUT2D eigenvalue weighted by atomic mass is 9.95. The molecule has 0 spiro atoms. The van der Waals surface area contributed by atoms with Crippen molar-refractivity contribution < 1.29 is 17.6 Å². The van der Waals surface area contributed by atoms with Gasteiger partial charge in [0.15, 0.2) is 0 Å². The number of rotatable bonds is 5. The maximum atomic E-state index is 12.6. The summed E-state index contributed by atoms with van der Waals surface area (Å²) in [6, 6.07) is -0.348. The van der Waals surface area contributed by atoms with Gasteiger partial charge in [-0.25, -0.2) is 8.42 Å². The molecular weight excluding hydrogens is 392 g/mol. The van der Waals surface area contributed by atoms with E-state index in [1.807, 2.05) is 4.90 Å². The SMILES string of the molecule is CCS(=O)(=O)N1CCCC[C@H]1c1nnc(C2CCN(C(=O)C3CCCC3)CC2)o1. The summed E-state index contributed by atoms with van der Waals surface area (Å²) in [6.07, 6.45) is 8.59. The van der Waals surface area contributed by atoms with E-state index in [1.165, 1.54) is 17.1 Å². The molecule has 0 bridgehead atoms. The van der Waals surface area contributed by atoms with Crippen molar-refractivity contribution in [1.29, 1.82) is 0 Å². The van der Waals surface area contributed by atoms with Gasteiger partial charge in [0.05, 0.1) is 5.75 Å². The Morgan fingerprint density at radius 3 is 2.31 bits per heavy atom. The van der Waals surface area contributed by atoms with Crippen LogP contribution in [0, 0.1) is 5.92 Å². The Morgan fingerprint density at radius 1 is 0.966 bits per heavy atom. The van der Waals surface area contributed by atoms with Gasteiger partial charge in [-0.1, -0.05) is 19.3 Å². The van der Waals surface area contributed by atoms with Gasteiger partial charge in [-0.15, -0.1) is 10.2 Å². The molecule has 1 atom stereocenters. The number of hydrogen-bond donors (Lipinski definition) is 0. The zero-order valence-electron chi connectivity index (χ0n) is 17.3. The molecular formula is C20H32N4O4S. The Bertz CT molecular complexity index is 810. The smallest absolute Gasteiger partial charge is 0.234 e. The monoisotopic (exact) mass is 424 g/mol. The van der Waals surface area contributed by atoms with Crippen LogP contribution >= 0.6 is 0 Å². The lowest BCUT2D eigenvalue weighted by Gasteiger charge is -2.33. The first kappa shape index (κ1) is 20.8. The van der Waals surface area contributed by atoms with Crippen LogP contribution in [0.1, 0.15) is 88.5 Å². The Kier molecular flexibility index (Phi) is 6.24. The second-order valence-corrected chi connectivity index (χ2v) is 10.8. The fourth-order valence-electron chi connectivity index (χ4n) is 4.97. The summed E-state index contributed by atoms with van der Waals surface area (Å²) < 4.78 is 32.4. The highest BCUT2D eigenvalue weighted by Gasteiger charge is 2.37. The number of hydrogen-bond acceptors (Lipinski definition) is 6. The van der Waals surface area contributed by atoms with Gasteiger partial charge >= 0.3 is 0 Å². The van der Waals surface area contributed by atoms with Crippen LogP contribution in [0.15, 0.2) is 4.42 Å². The number of carbonyl (C=O) groups is 1. The van der Waals surface area contributed by atoms with Crippen molar-refractivity contribution in [3.63, 3.8) is 0 Å². The molecule has 0 N–H and O–H groups in total. The van der Waals surface area contributed by atoms with E-state index in [1.54, 1.807) is 6.92 Å². The van der Waals surface area contributed by atoms with Gasteiger partial charge in [-0.05, 0) is 45.4 Å². The van der Waals surface area contributed by atoms with E-state index in [4.69, 9.17) is 4.42 Å². The van der Waals surface area contributed by atoms with Gasteiger partial charge in [0.1, 0.15) is 6.04 Å². The predicted molar refractivity (Wildman–Crippen MR) is 108 cm³/mol. The van der Waals surface area contributed by atoms with Crippen LogP contribution in [0.4, 0.5) is 0 Å². The standard InChI is InChI=1S/C20H32N4O4S/c1-2-29(26,27)24-12-6-5-9-17(24)19-22-21-18(28-19)15-10-13-23(14-11-15)20(25)16-7-3-4-8-16/h15-17H,2-14H2,1H3/t17-/m0/s1. The van der Waals surface area contributed by atoms with Crippen molar-refractivity contribution >= 4 is 15.9 Å². The summed E-state index contributed by atoms with van der Waals surface area (Å²) in [5.41, 5.74) is 0. The molecule has 162 valence electrons. The maximum Gasteiger partial charge on any atom is 0.234 e. The van der Waals surface area contributed by atoms with Crippen molar-refractivity contribution in [3.05, 3.63) is 11.8 Å². The highest BCUT2D eigenvalue weighted by atomic mass is 32.2. The summed E-state index contributed by atoms with van der Waals surface area (Å²) in [7, 11) is -3.30. The molecule has 0 radical (unpaired) electrons. The Labute approximate surface area is 173 Å². The molecule has 29 heavy (non-hydrogen) atoms. The molecule has 8 nitrogen and oxygen atoms in total. The van der Waals surface area contributed by atoms with E-state index in [-0.39, 0.29) is 23.6 Å². The summed E-state index contributed by atoms with van der Waals surface area (Å²) in [4.78, 5) is 14.6. The van der Waals surface area contributed by atoms with Crippen molar-refractivity contribution in [3.8, 4) is 0 Å². The highest BCUT2D eigenvalue weighted by molar-refractivity contribution is 7.89.